The largest absolute Gasteiger partial charge is 0.271 e. The highest BCUT2D eigenvalue weighted by molar-refractivity contribution is 7.89. The Hall–Kier alpha value is -1.74. The van der Waals surface area contributed by atoms with Crippen molar-refractivity contribution in [1.82, 2.24) is 29.5 Å². The topological polar surface area (TPSA) is 94.7 Å². The summed E-state index contributed by atoms with van der Waals surface area (Å²) in [6.45, 7) is 7.73. The van der Waals surface area contributed by atoms with E-state index in [1.165, 1.54) is 4.80 Å². The number of nitrogens with one attached hydrogen (secondary N) is 1. The highest BCUT2D eigenvalue weighted by Gasteiger charge is 2.28. The van der Waals surface area contributed by atoms with Gasteiger partial charge in [-0.3, -0.25) is 4.68 Å². The van der Waals surface area contributed by atoms with Crippen LogP contribution in [0.5, 0.6) is 0 Å². The Bertz CT molecular complexity index is 733. The fraction of sp³-hybridized carbons (Fsp3) is 0.615. The summed E-state index contributed by atoms with van der Waals surface area (Å²) in [6, 6.07) is -0.309. The van der Waals surface area contributed by atoms with Crippen LogP contribution in [0.15, 0.2) is 17.3 Å². The molecule has 0 amide bonds. The zero-order valence-corrected chi connectivity index (χ0v) is 14.3. The third-order valence-corrected chi connectivity index (χ3v) is 5.39. The van der Waals surface area contributed by atoms with Gasteiger partial charge in [0.25, 0.3) is 0 Å². The van der Waals surface area contributed by atoms with E-state index >= 15 is 0 Å². The first-order chi connectivity index (χ1) is 10.2. The fourth-order valence-electron chi connectivity index (χ4n) is 2.30. The molecule has 0 bridgehead atoms. The first-order valence-corrected chi connectivity index (χ1v) is 8.57. The van der Waals surface area contributed by atoms with Gasteiger partial charge in [0.2, 0.25) is 10.0 Å². The van der Waals surface area contributed by atoms with Gasteiger partial charge < -0.3 is 0 Å². The van der Waals surface area contributed by atoms with Gasteiger partial charge in [0, 0.05) is 13.1 Å². The Kier molecular flexibility index (Phi) is 4.66. The second-order valence-electron chi connectivity index (χ2n) is 5.68. The van der Waals surface area contributed by atoms with Gasteiger partial charge in [-0.15, -0.1) is 0 Å². The minimum atomic E-state index is -3.65. The third kappa shape index (κ3) is 3.36. The molecule has 1 atom stereocenters. The van der Waals surface area contributed by atoms with Crippen LogP contribution in [0.2, 0.25) is 0 Å². The van der Waals surface area contributed by atoms with Crippen LogP contribution < -0.4 is 4.72 Å². The van der Waals surface area contributed by atoms with E-state index in [2.05, 4.69) is 20.0 Å². The number of nitrogens with zero attached hydrogens (tertiary/aromatic N) is 5. The molecule has 2 aromatic rings. The number of hydrogen-bond donors (Lipinski definition) is 1. The summed E-state index contributed by atoms with van der Waals surface area (Å²) in [6.07, 6.45) is 3.14. The van der Waals surface area contributed by atoms with Crippen molar-refractivity contribution in [2.45, 2.75) is 45.2 Å². The molecule has 2 rings (SSSR count). The number of hydrogen-bond acceptors (Lipinski definition) is 5. The van der Waals surface area contributed by atoms with Crippen LogP contribution in [0.3, 0.4) is 0 Å². The molecule has 22 heavy (non-hydrogen) atoms. The highest BCUT2D eigenvalue weighted by atomic mass is 32.2. The minimum absolute atomic E-state index is 0.0954. The molecule has 0 aliphatic carbocycles. The molecule has 0 spiro atoms. The van der Waals surface area contributed by atoms with Crippen molar-refractivity contribution < 1.29 is 8.42 Å². The van der Waals surface area contributed by atoms with Crippen molar-refractivity contribution in [2.75, 3.05) is 0 Å². The van der Waals surface area contributed by atoms with E-state index in [9.17, 15) is 8.42 Å². The van der Waals surface area contributed by atoms with Crippen molar-refractivity contribution in [3.8, 4) is 0 Å². The van der Waals surface area contributed by atoms with Crippen molar-refractivity contribution >= 4 is 10.0 Å². The Labute approximate surface area is 130 Å². The van der Waals surface area contributed by atoms with Crippen LogP contribution in [0.4, 0.5) is 0 Å². The zero-order chi connectivity index (χ0) is 16.5. The second kappa shape index (κ2) is 6.17. The average Bonchev–Trinajstić information content (AvgIpc) is 2.97. The third-order valence-electron chi connectivity index (χ3n) is 3.65. The molecule has 9 heteroatoms. The molecule has 0 saturated heterocycles. The van der Waals surface area contributed by atoms with Crippen LogP contribution in [0.1, 0.15) is 25.2 Å². The summed E-state index contributed by atoms with van der Waals surface area (Å²) in [7, 11) is -1.92. The van der Waals surface area contributed by atoms with Crippen LogP contribution in [-0.2, 0) is 23.6 Å². The number of aromatic nitrogens is 5. The summed E-state index contributed by atoms with van der Waals surface area (Å²) in [5.74, 6) is 0.0954. The number of sulfonamides is 1. The van der Waals surface area contributed by atoms with Gasteiger partial charge in [-0.25, -0.2) is 13.1 Å². The van der Waals surface area contributed by atoms with Gasteiger partial charge in [-0.05, 0) is 19.8 Å². The molecule has 0 aromatic carbocycles. The lowest BCUT2D eigenvalue weighted by molar-refractivity contribution is 0.361. The van der Waals surface area contributed by atoms with E-state index < -0.39 is 10.0 Å². The van der Waals surface area contributed by atoms with E-state index in [1.54, 1.807) is 38.0 Å². The van der Waals surface area contributed by atoms with E-state index in [4.69, 9.17) is 0 Å². The van der Waals surface area contributed by atoms with Crippen LogP contribution in [0, 0.1) is 19.8 Å². The first kappa shape index (κ1) is 16.6. The quantitative estimate of drug-likeness (QED) is 0.840. The van der Waals surface area contributed by atoms with Crippen LogP contribution in [-0.4, -0.2) is 39.2 Å². The predicted molar refractivity (Wildman–Crippen MR) is 81.7 cm³/mol. The summed E-state index contributed by atoms with van der Waals surface area (Å²) >= 11 is 0. The van der Waals surface area contributed by atoms with Crippen molar-refractivity contribution in [3.63, 3.8) is 0 Å². The van der Waals surface area contributed by atoms with E-state index in [1.807, 2.05) is 13.8 Å². The molecule has 0 saturated carbocycles. The SMILES string of the molecule is Cc1nn(C)c(C)c1S(=O)(=O)NC(Cn1nccn1)C(C)C. The van der Waals surface area contributed by atoms with Crippen LogP contribution in [0.25, 0.3) is 0 Å². The lowest BCUT2D eigenvalue weighted by atomic mass is 10.1. The Balaban J connectivity index is 2.28. The molecule has 2 aromatic heterocycles. The van der Waals surface area contributed by atoms with Crippen LogP contribution >= 0.6 is 0 Å². The number of aryl methyl sites for hydroxylation is 2. The second-order valence-corrected chi connectivity index (χ2v) is 7.33. The smallest absolute Gasteiger partial charge is 0.244 e. The molecule has 1 N–H and O–H groups in total. The number of rotatable bonds is 6. The highest BCUT2D eigenvalue weighted by Crippen LogP contribution is 2.20. The minimum Gasteiger partial charge on any atom is -0.271 e. The summed E-state index contributed by atoms with van der Waals surface area (Å²) in [4.78, 5) is 1.73. The Morgan fingerprint density at radius 3 is 2.27 bits per heavy atom. The summed E-state index contributed by atoms with van der Waals surface area (Å²) in [5.41, 5.74) is 1.11. The lowest BCUT2D eigenvalue weighted by Gasteiger charge is -2.21. The van der Waals surface area contributed by atoms with Gasteiger partial charge >= 0.3 is 0 Å². The zero-order valence-electron chi connectivity index (χ0n) is 13.5. The van der Waals surface area contributed by atoms with Gasteiger partial charge in [0.15, 0.2) is 0 Å². The normalized spacial score (nSPS) is 13.7. The molecule has 8 nitrogen and oxygen atoms in total. The van der Waals surface area contributed by atoms with Gasteiger partial charge in [-0.2, -0.15) is 20.1 Å². The molecule has 1 unspecified atom stereocenters. The van der Waals surface area contributed by atoms with Gasteiger partial charge in [0.05, 0.1) is 30.3 Å². The Morgan fingerprint density at radius 1 is 1.23 bits per heavy atom. The van der Waals surface area contributed by atoms with E-state index in [0.29, 0.717) is 17.9 Å². The average molecular weight is 326 g/mol. The Morgan fingerprint density at radius 2 is 1.82 bits per heavy atom. The first-order valence-electron chi connectivity index (χ1n) is 7.09. The van der Waals surface area contributed by atoms with Crippen molar-refractivity contribution in [1.29, 1.82) is 0 Å². The maximum Gasteiger partial charge on any atom is 0.244 e. The molecular weight excluding hydrogens is 304 g/mol. The maximum absolute atomic E-state index is 12.7. The summed E-state index contributed by atoms with van der Waals surface area (Å²) in [5, 5.41) is 12.2. The summed E-state index contributed by atoms with van der Waals surface area (Å²) < 4.78 is 29.8. The van der Waals surface area contributed by atoms with E-state index in [-0.39, 0.29) is 16.9 Å². The fourth-order valence-corrected chi connectivity index (χ4v) is 4.11. The molecule has 0 radical (unpaired) electrons. The predicted octanol–water partition coefficient (Wildman–Crippen LogP) is 0.632. The van der Waals surface area contributed by atoms with Crippen molar-refractivity contribution in [2.24, 2.45) is 13.0 Å². The molecule has 0 aliphatic rings. The molecule has 2 heterocycles. The lowest BCUT2D eigenvalue weighted by Crippen LogP contribution is -2.42. The standard InChI is InChI=1S/C13H22N6O2S/c1-9(2)12(8-19-14-6-7-15-19)17-22(20,21)13-10(3)16-18(5)11(13)4/h6-7,9,12,17H,8H2,1-5H3. The molecule has 0 aliphatic heterocycles. The molecular formula is C13H22N6O2S. The maximum atomic E-state index is 12.7. The molecule has 122 valence electrons. The van der Waals surface area contributed by atoms with Gasteiger partial charge in [-0.1, -0.05) is 13.8 Å². The van der Waals surface area contributed by atoms with Gasteiger partial charge in [0.1, 0.15) is 4.90 Å². The molecule has 0 fully saturated rings. The van der Waals surface area contributed by atoms with E-state index in [0.717, 1.165) is 0 Å². The monoisotopic (exact) mass is 326 g/mol. The van der Waals surface area contributed by atoms with Crippen molar-refractivity contribution in [3.05, 3.63) is 23.8 Å².